The topological polar surface area (TPSA) is 142 Å². The molecule has 0 aliphatic rings. The molecule has 0 aromatic carbocycles. The van der Waals surface area contributed by atoms with Crippen LogP contribution in [0.15, 0.2) is 0 Å². The van der Waals surface area contributed by atoms with Gasteiger partial charge in [0.25, 0.3) is 0 Å². The normalized spacial score (nSPS) is 9.39. The van der Waals surface area contributed by atoms with Crippen LogP contribution in [0.5, 0.6) is 0 Å². The molecule has 0 aromatic rings. The number of carbonyl (C=O) groups is 4. The number of urea groups is 1. The van der Waals surface area contributed by atoms with E-state index in [1.54, 1.807) is 0 Å². The Morgan fingerprint density at radius 2 is 1.83 bits per heavy atom. The summed E-state index contributed by atoms with van der Waals surface area (Å²) >= 11 is 0. The van der Waals surface area contributed by atoms with Crippen molar-refractivity contribution < 1.29 is 24.3 Å². The zero-order valence-electron chi connectivity index (χ0n) is 9.93. The first-order valence-corrected chi connectivity index (χ1v) is 5.10. The molecule has 4 amide bonds. The maximum absolute atomic E-state index is 11.5. The molecule has 0 heterocycles. The summed E-state index contributed by atoms with van der Waals surface area (Å²) in [6.07, 6.45) is 0.0553. The van der Waals surface area contributed by atoms with E-state index < -0.39 is 31.0 Å². The van der Waals surface area contributed by atoms with Gasteiger partial charge < -0.3 is 26.4 Å². The van der Waals surface area contributed by atoms with E-state index in [0.29, 0.717) is 0 Å². The highest BCUT2D eigenvalue weighted by Crippen LogP contribution is 1.90. The van der Waals surface area contributed by atoms with Crippen molar-refractivity contribution in [2.45, 2.75) is 6.42 Å². The smallest absolute Gasteiger partial charge is 0.323 e. The van der Waals surface area contributed by atoms with E-state index in [2.05, 4.69) is 10.6 Å². The van der Waals surface area contributed by atoms with Crippen LogP contribution in [0.3, 0.4) is 0 Å². The third-order valence-corrected chi connectivity index (χ3v) is 1.87. The third-order valence-electron chi connectivity index (χ3n) is 1.87. The number of nitrogens with zero attached hydrogens (tertiary/aromatic N) is 1. The minimum Gasteiger partial charge on any atom is -0.480 e. The van der Waals surface area contributed by atoms with E-state index in [-0.39, 0.29) is 18.9 Å². The fourth-order valence-corrected chi connectivity index (χ4v) is 1.07. The van der Waals surface area contributed by atoms with E-state index in [1.807, 2.05) is 0 Å². The third kappa shape index (κ3) is 7.04. The van der Waals surface area contributed by atoms with E-state index >= 15 is 0 Å². The molecule has 0 fully saturated rings. The van der Waals surface area contributed by atoms with Crippen molar-refractivity contribution in [3.63, 3.8) is 0 Å². The van der Waals surface area contributed by atoms with Crippen LogP contribution in [0.2, 0.25) is 0 Å². The summed E-state index contributed by atoms with van der Waals surface area (Å²) in [6.45, 7) is -1.11. The number of hydrogen-bond donors (Lipinski definition) is 4. The summed E-state index contributed by atoms with van der Waals surface area (Å²) in [7, 11) is 1.45. The molecule has 0 aliphatic heterocycles. The van der Waals surface area contributed by atoms with Crippen molar-refractivity contribution in [1.82, 2.24) is 15.5 Å². The lowest BCUT2D eigenvalue weighted by atomic mass is 10.4. The highest BCUT2D eigenvalue weighted by molar-refractivity contribution is 5.86. The second kappa shape index (κ2) is 7.87. The molecule has 0 unspecified atom stereocenters. The van der Waals surface area contributed by atoms with Gasteiger partial charge in [-0.25, -0.2) is 4.79 Å². The fourth-order valence-electron chi connectivity index (χ4n) is 1.07. The van der Waals surface area contributed by atoms with Gasteiger partial charge in [-0.05, 0) is 0 Å². The number of nitrogens with one attached hydrogen (secondary N) is 2. The summed E-state index contributed by atoms with van der Waals surface area (Å²) < 4.78 is 0. The SMILES string of the molecule is CNC(=O)CCNC(=O)N(CC(N)=O)CC(=O)O. The lowest BCUT2D eigenvalue weighted by Gasteiger charge is -2.19. The largest absolute Gasteiger partial charge is 0.480 e. The Kier molecular flexibility index (Phi) is 6.86. The molecule has 5 N–H and O–H groups in total. The highest BCUT2D eigenvalue weighted by Gasteiger charge is 2.18. The molecule has 0 aliphatic carbocycles. The lowest BCUT2D eigenvalue weighted by molar-refractivity contribution is -0.137. The molecule has 0 bridgehead atoms. The van der Waals surface area contributed by atoms with Gasteiger partial charge in [-0.3, -0.25) is 14.4 Å². The molecule has 0 spiro atoms. The number of hydrogen-bond acceptors (Lipinski definition) is 4. The number of rotatable bonds is 7. The first kappa shape index (κ1) is 15.7. The Morgan fingerprint density at radius 3 is 2.28 bits per heavy atom. The average molecular weight is 260 g/mol. The summed E-state index contributed by atoms with van der Waals surface area (Å²) in [5.74, 6) is -2.36. The van der Waals surface area contributed by atoms with Crippen LogP contribution >= 0.6 is 0 Å². The van der Waals surface area contributed by atoms with Crippen molar-refractivity contribution in [3.8, 4) is 0 Å². The van der Waals surface area contributed by atoms with Gasteiger partial charge in [0.1, 0.15) is 13.1 Å². The van der Waals surface area contributed by atoms with Gasteiger partial charge in [0, 0.05) is 20.0 Å². The van der Waals surface area contributed by atoms with E-state index in [4.69, 9.17) is 10.8 Å². The van der Waals surface area contributed by atoms with Crippen LogP contribution in [0, 0.1) is 0 Å². The predicted molar refractivity (Wildman–Crippen MR) is 60.5 cm³/mol. The zero-order chi connectivity index (χ0) is 14.1. The standard InChI is InChI=1S/C9H16N4O5/c1-11-7(15)2-3-12-9(18)13(4-6(10)14)5-8(16)17/h2-5H2,1H3,(H2,10,14)(H,11,15)(H,12,18)(H,16,17). The van der Waals surface area contributed by atoms with Gasteiger partial charge in [0.2, 0.25) is 11.8 Å². The fraction of sp³-hybridized carbons (Fsp3) is 0.556. The van der Waals surface area contributed by atoms with Crippen molar-refractivity contribution in [2.75, 3.05) is 26.7 Å². The Morgan fingerprint density at radius 1 is 1.22 bits per heavy atom. The molecule has 0 saturated heterocycles. The average Bonchev–Trinajstić information content (AvgIpc) is 2.26. The van der Waals surface area contributed by atoms with Crippen LogP contribution < -0.4 is 16.4 Å². The molecule has 0 saturated carbocycles. The number of nitrogens with two attached hydrogens (primary N) is 1. The number of carbonyl (C=O) groups excluding carboxylic acids is 3. The summed E-state index contributed by atoms with van der Waals surface area (Å²) in [5.41, 5.74) is 4.89. The molecule has 9 nitrogen and oxygen atoms in total. The Bertz CT molecular complexity index is 328. The van der Waals surface area contributed by atoms with Crippen LogP contribution in [0.1, 0.15) is 6.42 Å². The molecular weight excluding hydrogens is 244 g/mol. The van der Waals surface area contributed by atoms with Crippen molar-refractivity contribution in [3.05, 3.63) is 0 Å². The van der Waals surface area contributed by atoms with Gasteiger partial charge in [0.15, 0.2) is 0 Å². The maximum atomic E-state index is 11.5. The van der Waals surface area contributed by atoms with Gasteiger partial charge in [-0.15, -0.1) is 0 Å². The number of primary amides is 1. The molecule has 0 rings (SSSR count). The van der Waals surface area contributed by atoms with Gasteiger partial charge in [-0.2, -0.15) is 0 Å². The molecule has 0 aromatic heterocycles. The maximum Gasteiger partial charge on any atom is 0.323 e. The van der Waals surface area contributed by atoms with Crippen LogP contribution in [-0.4, -0.2) is 60.5 Å². The summed E-state index contributed by atoms with van der Waals surface area (Å²) in [4.78, 5) is 44.3. The Labute approximate surface area is 103 Å². The van der Waals surface area contributed by atoms with Crippen molar-refractivity contribution in [1.29, 1.82) is 0 Å². The number of aliphatic carboxylic acids is 1. The first-order chi connectivity index (χ1) is 8.36. The van der Waals surface area contributed by atoms with Crippen molar-refractivity contribution >= 4 is 23.8 Å². The molecular formula is C9H16N4O5. The van der Waals surface area contributed by atoms with Crippen LogP contribution in [0.4, 0.5) is 4.79 Å². The van der Waals surface area contributed by atoms with Crippen molar-refractivity contribution in [2.24, 2.45) is 5.73 Å². The van der Waals surface area contributed by atoms with E-state index in [1.165, 1.54) is 7.05 Å². The van der Waals surface area contributed by atoms with E-state index in [0.717, 1.165) is 4.90 Å². The lowest BCUT2D eigenvalue weighted by Crippen LogP contribution is -2.47. The second-order valence-electron chi connectivity index (χ2n) is 3.37. The monoisotopic (exact) mass is 260 g/mol. The number of amides is 4. The molecule has 9 heteroatoms. The van der Waals surface area contributed by atoms with Crippen LogP contribution in [0.25, 0.3) is 0 Å². The molecule has 0 atom stereocenters. The first-order valence-electron chi connectivity index (χ1n) is 5.10. The van der Waals surface area contributed by atoms with E-state index in [9.17, 15) is 19.2 Å². The van der Waals surface area contributed by atoms with Gasteiger partial charge >= 0.3 is 12.0 Å². The molecule has 0 radical (unpaired) electrons. The van der Waals surface area contributed by atoms with Gasteiger partial charge in [0.05, 0.1) is 0 Å². The Balaban J connectivity index is 4.24. The van der Waals surface area contributed by atoms with Crippen LogP contribution in [-0.2, 0) is 14.4 Å². The minimum absolute atomic E-state index is 0.0351. The molecule has 18 heavy (non-hydrogen) atoms. The number of carboxylic acid groups (broad SMARTS) is 1. The summed E-state index contributed by atoms with van der Waals surface area (Å²) in [5, 5.41) is 13.2. The Hall–Kier alpha value is -2.32. The number of carboxylic acids is 1. The minimum atomic E-state index is -1.27. The highest BCUT2D eigenvalue weighted by atomic mass is 16.4. The zero-order valence-corrected chi connectivity index (χ0v) is 9.93. The quantitative estimate of drug-likeness (QED) is 0.407. The molecule has 102 valence electrons. The second-order valence-corrected chi connectivity index (χ2v) is 3.37. The van der Waals surface area contributed by atoms with Gasteiger partial charge in [-0.1, -0.05) is 0 Å². The predicted octanol–water partition coefficient (Wildman–Crippen LogP) is -2.30. The summed E-state index contributed by atoms with van der Waals surface area (Å²) in [6, 6.07) is -0.764.